The van der Waals surface area contributed by atoms with Crippen LogP contribution >= 0.6 is 0 Å². The number of imidazole rings is 1. The van der Waals surface area contributed by atoms with Crippen molar-refractivity contribution in [1.82, 2.24) is 25.6 Å². The van der Waals surface area contributed by atoms with E-state index in [1.165, 1.54) is 6.92 Å². The fraction of sp³-hybridized carbons (Fsp3) is 0.421. The minimum absolute atomic E-state index is 0.0102. The third-order valence-electron chi connectivity index (χ3n) is 4.72. The minimum atomic E-state index is -0.656. The number of carbonyl (C=O) groups excluding carboxylic acids is 2. The van der Waals surface area contributed by atoms with Gasteiger partial charge in [0.2, 0.25) is 11.8 Å². The maximum absolute atomic E-state index is 12.7. The Morgan fingerprint density at radius 2 is 2.21 bits per heavy atom. The molecule has 0 aliphatic carbocycles. The molecule has 146 valence electrons. The summed E-state index contributed by atoms with van der Waals surface area (Å²) in [6.45, 7) is 2.79. The Labute approximate surface area is 163 Å². The Morgan fingerprint density at radius 1 is 1.43 bits per heavy atom. The van der Waals surface area contributed by atoms with Crippen molar-refractivity contribution < 1.29 is 9.59 Å². The normalized spacial score (nSPS) is 15.5. The molecule has 1 aliphatic rings. The summed E-state index contributed by atoms with van der Waals surface area (Å²) >= 11 is 0. The van der Waals surface area contributed by atoms with Crippen LogP contribution in [0.4, 0.5) is 5.82 Å². The molecule has 0 bridgehead atoms. The largest absolute Gasteiger partial charge is 0.355 e. The fourth-order valence-electron chi connectivity index (χ4n) is 3.34. The molecule has 2 aromatic rings. The number of aromatic nitrogens is 3. The van der Waals surface area contributed by atoms with Gasteiger partial charge in [-0.15, -0.1) is 0 Å². The summed E-state index contributed by atoms with van der Waals surface area (Å²) in [7, 11) is 0. The highest BCUT2D eigenvalue weighted by Gasteiger charge is 2.27. The van der Waals surface area contributed by atoms with Crippen LogP contribution in [0.15, 0.2) is 30.9 Å². The molecule has 2 amide bonds. The summed E-state index contributed by atoms with van der Waals surface area (Å²) in [5.74, 6) is 0.220. The maximum Gasteiger partial charge on any atom is 0.243 e. The van der Waals surface area contributed by atoms with Gasteiger partial charge >= 0.3 is 0 Å². The number of carbonyl (C=O) groups is 2. The lowest BCUT2D eigenvalue weighted by Gasteiger charge is -2.34. The van der Waals surface area contributed by atoms with E-state index in [1.807, 2.05) is 0 Å². The molecule has 28 heavy (non-hydrogen) atoms. The van der Waals surface area contributed by atoms with Crippen molar-refractivity contribution in [1.29, 1.82) is 5.26 Å². The molecule has 1 aliphatic heterocycles. The Bertz CT molecular complexity index is 851. The van der Waals surface area contributed by atoms with Crippen molar-refractivity contribution in [3.63, 3.8) is 0 Å². The number of anilines is 1. The van der Waals surface area contributed by atoms with Crippen LogP contribution in [0.3, 0.4) is 0 Å². The second-order valence-corrected chi connectivity index (χ2v) is 6.79. The van der Waals surface area contributed by atoms with Gasteiger partial charge in [0.1, 0.15) is 17.9 Å². The van der Waals surface area contributed by atoms with Gasteiger partial charge in [-0.3, -0.25) is 9.59 Å². The second-order valence-electron chi connectivity index (χ2n) is 6.79. The molecular formula is C19H23N7O2. The standard InChI is InChI=1S/C19H23N7O2/c1-13(27)24-17(9-16-11-21-12-23-16)19(28)25-15-4-7-26(8-5-15)18-14(10-20)3-2-6-22-18/h2-3,6,11-12,15,17H,4-5,7-9H2,1H3,(H,21,23)(H,24,27)(H,25,28). The van der Waals surface area contributed by atoms with E-state index in [9.17, 15) is 14.9 Å². The van der Waals surface area contributed by atoms with Gasteiger partial charge in [-0.25, -0.2) is 9.97 Å². The van der Waals surface area contributed by atoms with E-state index in [1.54, 1.807) is 30.9 Å². The Morgan fingerprint density at radius 3 is 2.86 bits per heavy atom. The molecule has 1 fully saturated rings. The molecule has 3 N–H and O–H groups in total. The van der Waals surface area contributed by atoms with E-state index in [0.29, 0.717) is 30.9 Å². The van der Waals surface area contributed by atoms with E-state index >= 15 is 0 Å². The van der Waals surface area contributed by atoms with Gasteiger partial charge < -0.3 is 20.5 Å². The van der Waals surface area contributed by atoms with Gasteiger partial charge in [-0.2, -0.15) is 5.26 Å². The van der Waals surface area contributed by atoms with Gasteiger partial charge in [0.05, 0.1) is 11.9 Å². The van der Waals surface area contributed by atoms with E-state index in [4.69, 9.17) is 0 Å². The monoisotopic (exact) mass is 381 g/mol. The predicted molar refractivity (Wildman–Crippen MR) is 102 cm³/mol. The number of nitrogens with one attached hydrogen (secondary N) is 3. The highest BCUT2D eigenvalue weighted by atomic mass is 16.2. The average molecular weight is 381 g/mol. The molecular weight excluding hydrogens is 358 g/mol. The SMILES string of the molecule is CC(=O)NC(Cc1cnc[nH]1)C(=O)NC1CCN(c2ncccc2C#N)CC1. The zero-order valence-corrected chi connectivity index (χ0v) is 15.7. The Balaban J connectivity index is 1.57. The van der Waals surface area contributed by atoms with Crippen molar-refractivity contribution in [3.8, 4) is 6.07 Å². The molecule has 3 rings (SSSR count). The van der Waals surface area contributed by atoms with E-state index < -0.39 is 6.04 Å². The maximum atomic E-state index is 12.7. The number of hydrogen-bond donors (Lipinski definition) is 3. The first-order valence-corrected chi connectivity index (χ1v) is 9.21. The molecule has 0 saturated carbocycles. The van der Waals surface area contributed by atoms with Crippen LogP contribution < -0.4 is 15.5 Å². The molecule has 2 aromatic heterocycles. The van der Waals surface area contributed by atoms with Crippen LogP contribution in [0.1, 0.15) is 31.0 Å². The fourth-order valence-corrected chi connectivity index (χ4v) is 3.34. The Hall–Kier alpha value is -3.41. The molecule has 1 atom stereocenters. The van der Waals surface area contributed by atoms with Crippen LogP contribution in [0, 0.1) is 11.3 Å². The zero-order valence-electron chi connectivity index (χ0n) is 15.7. The third kappa shape index (κ3) is 4.85. The van der Waals surface area contributed by atoms with Crippen LogP contribution in [0.25, 0.3) is 0 Å². The quantitative estimate of drug-likeness (QED) is 0.669. The number of nitriles is 1. The van der Waals surface area contributed by atoms with E-state index in [0.717, 1.165) is 18.5 Å². The van der Waals surface area contributed by atoms with Crippen molar-refractivity contribution in [2.24, 2.45) is 0 Å². The summed E-state index contributed by atoms with van der Waals surface area (Å²) < 4.78 is 0. The summed E-state index contributed by atoms with van der Waals surface area (Å²) in [5, 5.41) is 15.0. The zero-order chi connectivity index (χ0) is 19.9. The molecule has 3 heterocycles. The van der Waals surface area contributed by atoms with Crippen molar-refractivity contribution in [2.45, 2.75) is 38.3 Å². The lowest BCUT2D eigenvalue weighted by molar-refractivity contribution is -0.128. The van der Waals surface area contributed by atoms with E-state index in [2.05, 4.69) is 36.6 Å². The number of H-pyrrole nitrogens is 1. The molecule has 0 spiro atoms. The summed E-state index contributed by atoms with van der Waals surface area (Å²) in [4.78, 5) is 37.5. The smallest absolute Gasteiger partial charge is 0.243 e. The first-order valence-electron chi connectivity index (χ1n) is 9.21. The minimum Gasteiger partial charge on any atom is -0.355 e. The van der Waals surface area contributed by atoms with Gasteiger partial charge in [0, 0.05) is 50.6 Å². The summed E-state index contributed by atoms with van der Waals surface area (Å²) in [6.07, 6.45) is 6.69. The lowest BCUT2D eigenvalue weighted by Crippen LogP contribution is -2.52. The van der Waals surface area contributed by atoms with Crippen LogP contribution in [0.5, 0.6) is 0 Å². The molecule has 1 unspecified atom stereocenters. The van der Waals surface area contributed by atoms with Crippen LogP contribution in [0.2, 0.25) is 0 Å². The summed E-state index contributed by atoms with van der Waals surface area (Å²) in [5.41, 5.74) is 1.33. The number of rotatable bonds is 6. The van der Waals surface area contributed by atoms with Crippen molar-refractivity contribution in [3.05, 3.63) is 42.1 Å². The van der Waals surface area contributed by atoms with Crippen molar-refractivity contribution >= 4 is 17.6 Å². The lowest BCUT2D eigenvalue weighted by atomic mass is 10.0. The highest BCUT2D eigenvalue weighted by Crippen LogP contribution is 2.21. The number of aromatic amines is 1. The number of pyridine rings is 1. The van der Waals surface area contributed by atoms with Crippen LogP contribution in [-0.2, 0) is 16.0 Å². The molecule has 9 nitrogen and oxygen atoms in total. The van der Waals surface area contributed by atoms with Gasteiger partial charge in [0.25, 0.3) is 0 Å². The first-order chi connectivity index (χ1) is 13.6. The molecule has 1 saturated heterocycles. The predicted octanol–water partition coefficient (Wildman–Crippen LogP) is 0.509. The number of hydrogen-bond acceptors (Lipinski definition) is 6. The summed E-state index contributed by atoms with van der Waals surface area (Å²) in [6, 6.07) is 5.02. The first kappa shape index (κ1) is 19.4. The Kier molecular flexibility index (Phi) is 6.22. The molecule has 0 radical (unpaired) electrons. The molecule has 0 aromatic carbocycles. The van der Waals surface area contributed by atoms with E-state index in [-0.39, 0.29) is 17.9 Å². The highest BCUT2D eigenvalue weighted by molar-refractivity contribution is 5.87. The number of piperidine rings is 1. The van der Waals surface area contributed by atoms with Crippen LogP contribution in [-0.4, -0.2) is 51.9 Å². The van der Waals surface area contributed by atoms with Crippen molar-refractivity contribution in [2.75, 3.05) is 18.0 Å². The third-order valence-corrected chi connectivity index (χ3v) is 4.72. The second kappa shape index (κ2) is 8.99. The average Bonchev–Trinajstić information content (AvgIpc) is 3.21. The van der Waals surface area contributed by atoms with Gasteiger partial charge in [-0.05, 0) is 25.0 Å². The number of amides is 2. The topological polar surface area (TPSA) is 127 Å². The molecule has 9 heteroatoms. The van der Waals surface area contributed by atoms with Gasteiger partial charge in [-0.1, -0.05) is 0 Å². The number of nitrogens with zero attached hydrogens (tertiary/aromatic N) is 4. The van der Waals surface area contributed by atoms with Gasteiger partial charge in [0.15, 0.2) is 0 Å².